The van der Waals surface area contributed by atoms with E-state index in [1.807, 2.05) is 97.1 Å². The maximum atomic E-state index is 11.1. The molecule has 0 spiro atoms. The van der Waals surface area contributed by atoms with Gasteiger partial charge in [0, 0.05) is 11.3 Å². The first-order valence-electron chi connectivity index (χ1n) is 8.71. The Kier molecular flexibility index (Phi) is 4.63. The van der Waals surface area contributed by atoms with E-state index in [2.05, 4.69) is 10.2 Å². The quantitative estimate of drug-likeness (QED) is 0.540. The Bertz CT molecular complexity index is 949. The lowest BCUT2D eigenvalue weighted by Crippen LogP contribution is -2.13. The van der Waals surface area contributed by atoms with Crippen LogP contribution in [-0.2, 0) is 0 Å². The van der Waals surface area contributed by atoms with Gasteiger partial charge in [-0.15, -0.1) is 0 Å². The third-order valence-corrected chi connectivity index (χ3v) is 4.62. The van der Waals surface area contributed by atoms with Crippen LogP contribution in [-0.4, -0.2) is 15.3 Å². The molecule has 0 saturated heterocycles. The third-order valence-electron chi connectivity index (χ3n) is 4.62. The lowest BCUT2D eigenvalue weighted by atomic mass is 9.86. The second-order valence-electron chi connectivity index (χ2n) is 6.32. The smallest absolute Gasteiger partial charge is 0.0923 e. The highest BCUT2D eigenvalue weighted by Crippen LogP contribution is 2.36. The molecule has 0 radical (unpaired) electrons. The summed E-state index contributed by atoms with van der Waals surface area (Å²) in [4.78, 5) is 0. The van der Waals surface area contributed by atoms with E-state index in [-0.39, 0.29) is 5.92 Å². The van der Waals surface area contributed by atoms with E-state index < -0.39 is 6.10 Å². The number of rotatable bonds is 5. The molecule has 0 aliphatic rings. The molecule has 0 aliphatic heterocycles. The van der Waals surface area contributed by atoms with Crippen LogP contribution in [0.4, 0.5) is 0 Å². The highest BCUT2D eigenvalue weighted by atomic mass is 16.3. The van der Waals surface area contributed by atoms with Crippen LogP contribution in [0.5, 0.6) is 0 Å². The lowest BCUT2D eigenvalue weighted by Gasteiger charge is -2.22. The number of hydrogen-bond donors (Lipinski definition) is 2. The van der Waals surface area contributed by atoms with Gasteiger partial charge in [0.25, 0.3) is 0 Å². The largest absolute Gasteiger partial charge is 0.387 e. The van der Waals surface area contributed by atoms with E-state index in [0.29, 0.717) is 0 Å². The molecule has 4 rings (SSSR count). The molecule has 2 atom stereocenters. The van der Waals surface area contributed by atoms with Crippen LogP contribution in [0.3, 0.4) is 0 Å². The third kappa shape index (κ3) is 3.30. The second kappa shape index (κ2) is 7.38. The van der Waals surface area contributed by atoms with Crippen molar-refractivity contribution < 1.29 is 5.11 Å². The first-order chi connectivity index (χ1) is 12.8. The Hall–Kier alpha value is -3.17. The van der Waals surface area contributed by atoms with Crippen molar-refractivity contribution in [2.75, 3.05) is 0 Å². The summed E-state index contributed by atoms with van der Waals surface area (Å²) in [6.07, 6.45) is -0.664. The van der Waals surface area contributed by atoms with Crippen LogP contribution >= 0.6 is 0 Å². The Morgan fingerprint density at radius 2 is 1.23 bits per heavy atom. The molecule has 4 aromatic rings. The fourth-order valence-corrected chi connectivity index (χ4v) is 3.29. The van der Waals surface area contributed by atoms with E-state index in [0.717, 1.165) is 28.1 Å². The van der Waals surface area contributed by atoms with Gasteiger partial charge in [-0.3, -0.25) is 5.10 Å². The van der Waals surface area contributed by atoms with Gasteiger partial charge in [0.2, 0.25) is 0 Å². The number of H-pyrrole nitrogens is 1. The second-order valence-corrected chi connectivity index (χ2v) is 6.32. The average molecular weight is 340 g/mol. The van der Waals surface area contributed by atoms with Gasteiger partial charge < -0.3 is 5.11 Å². The molecule has 0 amide bonds. The van der Waals surface area contributed by atoms with E-state index in [9.17, 15) is 5.11 Å². The normalized spacial score (nSPS) is 13.3. The predicted octanol–water partition coefficient (Wildman–Crippen LogP) is 4.94. The summed E-state index contributed by atoms with van der Waals surface area (Å²) in [6.45, 7) is 0. The Labute approximate surface area is 153 Å². The van der Waals surface area contributed by atoms with Crippen molar-refractivity contribution in [1.29, 1.82) is 0 Å². The maximum Gasteiger partial charge on any atom is 0.0923 e. The minimum atomic E-state index is -0.664. The van der Waals surface area contributed by atoms with Crippen molar-refractivity contribution in [2.45, 2.75) is 12.0 Å². The number of benzene rings is 3. The Morgan fingerprint density at radius 3 is 1.85 bits per heavy atom. The summed E-state index contributed by atoms with van der Waals surface area (Å²) in [6, 6.07) is 31.9. The Morgan fingerprint density at radius 1 is 0.692 bits per heavy atom. The van der Waals surface area contributed by atoms with Crippen LogP contribution in [0.15, 0.2) is 97.1 Å². The molecule has 0 aliphatic carbocycles. The number of nitrogens with one attached hydrogen (secondary N) is 1. The predicted molar refractivity (Wildman–Crippen MR) is 104 cm³/mol. The summed E-state index contributed by atoms with van der Waals surface area (Å²) in [7, 11) is 0. The molecule has 3 nitrogen and oxygen atoms in total. The van der Waals surface area contributed by atoms with Crippen LogP contribution in [0.1, 0.15) is 28.8 Å². The number of aromatic nitrogens is 2. The molecule has 0 fully saturated rings. The van der Waals surface area contributed by atoms with E-state index >= 15 is 0 Å². The zero-order valence-electron chi connectivity index (χ0n) is 14.3. The first kappa shape index (κ1) is 16.3. The van der Waals surface area contributed by atoms with Gasteiger partial charge in [-0.05, 0) is 17.2 Å². The van der Waals surface area contributed by atoms with Crippen molar-refractivity contribution >= 4 is 0 Å². The van der Waals surface area contributed by atoms with Crippen LogP contribution in [0.25, 0.3) is 11.3 Å². The molecule has 1 aromatic heterocycles. The molecule has 0 unspecified atom stereocenters. The number of hydrogen-bond acceptors (Lipinski definition) is 2. The number of aromatic amines is 1. The molecule has 3 heteroatoms. The summed E-state index contributed by atoms with van der Waals surface area (Å²) in [5.41, 5.74) is 4.76. The van der Waals surface area contributed by atoms with Gasteiger partial charge in [-0.2, -0.15) is 5.10 Å². The molecule has 128 valence electrons. The zero-order valence-corrected chi connectivity index (χ0v) is 14.3. The zero-order chi connectivity index (χ0) is 17.8. The van der Waals surface area contributed by atoms with Gasteiger partial charge in [0.1, 0.15) is 0 Å². The Balaban J connectivity index is 1.76. The lowest BCUT2D eigenvalue weighted by molar-refractivity contribution is 0.157. The van der Waals surface area contributed by atoms with Gasteiger partial charge in [0.15, 0.2) is 0 Å². The minimum Gasteiger partial charge on any atom is -0.387 e. The number of nitrogens with zero attached hydrogens (tertiary/aromatic N) is 1. The van der Waals surface area contributed by atoms with Gasteiger partial charge in [-0.25, -0.2) is 0 Å². The standard InChI is InChI=1S/C23H20N2O/c26-23(19-14-8-3-9-15-19)22(18-12-6-2-7-13-18)21-16-20(24-25-21)17-10-4-1-5-11-17/h1-16,22-23,26H,(H,24,25)/t22-,23-/m1/s1. The minimum absolute atomic E-state index is 0.219. The highest BCUT2D eigenvalue weighted by Gasteiger charge is 2.26. The first-order valence-corrected chi connectivity index (χ1v) is 8.71. The van der Waals surface area contributed by atoms with E-state index in [1.165, 1.54) is 0 Å². The molecule has 3 aromatic carbocycles. The average Bonchev–Trinajstić information content (AvgIpc) is 3.20. The van der Waals surface area contributed by atoms with Crippen LogP contribution < -0.4 is 0 Å². The maximum absolute atomic E-state index is 11.1. The van der Waals surface area contributed by atoms with Crippen LogP contribution in [0, 0.1) is 0 Å². The van der Waals surface area contributed by atoms with Crippen molar-refractivity contribution in [3.05, 3.63) is 114 Å². The topological polar surface area (TPSA) is 48.9 Å². The van der Waals surface area contributed by atoms with E-state index in [1.54, 1.807) is 0 Å². The number of aliphatic hydroxyl groups is 1. The van der Waals surface area contributed by atoms with Crippen LogP contribution in [0.2, 0.25) is 0 Å². The van der Waals surface area contributed by atoms with Crippen molar-refractivity contribution in [2.24, 2.45) is 0 Å². The summed E-state index contributed by atoms with van der Waals surface area (Å²) in [5, 5.41) is 18.7. The van der Waals surface area contributed by atoms with Crippen molar-refractivity contribution in [3.8, 4) is 11.3 Å². The van der Waals surface area contributed by atoms with E-state index in [4.69, 9.17) is 0 Å². The fraction of sp³-hybridized carbons (Fsp3) is 0.0870. The molecule has 26 heavy (non-hydrogen) atoms. The summed E-state index contributed by atoms with van der Waals surface area (Å²) in [5.74, 6) is -0.219. The van der Waals surface area contributed by atoms with Gasteiger partial charge in [-0.1, -0.05) is 91.0 Å². The summed E-state index contributed by atoms with van der Waals surface area (Å²) < 4.78 is 0. The molecule has 0 bridgehead atoms. The molecule has 0 saturated carbocycles. The SMILES string of the molecule is O[C@H](c1ccccc1)[C@H](c1ccccc1)c1cc(-c2ccccc2)n[nH]1. The monoisotopic (exact) mass is 340 g/mol. The molecular weight excluding hydrogens is 320 g/mol. The van der Waals surface area contributed by atoms with Gasteiger partial charge in [0.05, 0.1) is 17.7 Å². The number of aliphatic hydroxyl groups excluding tert-OH is 1. The van der Waals surface area contributed by atoms with Crippen molar-refractivity contribution in [3.63, 3.8) is 0 Å². The highest BCUT2D eigenvalue weighted by molar-refractivity contribution is 5.59. The van der Waals surface area contributed by atoms with Gasteiger partial charge >= 0.3 is 0 Å². The van der Waals surface area contributed by atoms with Crippen molar-refractivity contribution in [1.82, 2.24) is 10.2 Å². The molecule has 2 N–H and O–H groups in total. The fourth-order valence-electron chi connectivity index (χ4n) is 3.29. The molecular formula is C23H20N2O. The molecule has 1 heterocycles. The summed E-state index contributed by atoms with van der Waals surface area (Å²) >= 11 is 0.